The van der Waals surface area contributed by atoms with Gasteiger partial charge in [0.1, 0.15) is 6.11 Å². The number of rotatable bonds is 3. The Kier molecular flexibility index (Phi) is 14.9. The normalized spacial score (nSPS) is 5.44. The molecule has 0 aliphatic heterocycles. The van der Waals surface area contributed by atoms with Crippen molar-refractivity contribution in [3.05, 3.63) is 0 Å². The second-order valence-electron chi connectivity index (χ2n) is 3.34. The van der Waals surface area contributed by atoms with E-state index in [1.807, 2.05) is 6.26 Å². The van der Waals surface area contributed by atoms with Crippen LogP contribution in [0.4, 0.5) is 0 Å². The molecule has 0 N–H and O–H groups in total. The Balaban J connectivity index is -0.0000000240. The average molecular weight is 369 g/mol. The van der Waals surface area contributed by atoms with Gasteiger partial charge in [0.15, 0.2) is 0 Å². The monoisotopic (exact) mass is 368 g/mol. The van der Waals surface area contributed by atoms with E-state index < -0.39 is 0 Å². The molecule has 0 radical (unpaired) electrons. The Hall–Kier alpha value is -4.14. The van der Waals surface area contributed by atoms with Gasteiger partial charge in [-0.25, -0.2) is 0 Å². The molecule has 0 aliphatic rings. The molecule has 0 amide bonds. The summed E-state index contributed by atoms with van der Waals surface area (Å²) in [6.07, 6.45) is 9.31. The summed E-state index contributed by atoms with van der Waals surface area (Å²) < 4.78 is 4.61. The van der Waals surface area contributed by atoms with Crippen LogP contribution in [0.2, 0.25) is 0 Å². The van der Waals surface area contributed by atoms with Crippen molar-refractivity contribution in [3.8, 4) is 107 Å². The largest absolute Gasteiger partial charge is 0.371 e. The second-order valence-corrected chi connectivity index (χ2v) is 4.32. The number of carbonyl (C=O) groups excluding carboxylic acids is 1. The third kappa shape index (κ3) is 17.8. The summed E-state index contributed by atoms with van der Waals surface area (Å²) in [5.41, 5.74) is 0. The molecule has 0 aliphatic carbocycles. The fraction of sp³-hybridized carbons (Fsp3) is 0.136. The van der Waals surface area contributed by atoms with Crippen molar-refractivity contribution >= 4 is 17.7 Å². The SMILES string of the molecule is C#CC#CC#CC#CC#CC#CC#CC#CC#COC(=O)CCSC.[HH].[HH].[HH].[HH].[HH].[HH].[HH].[HH].[HH].[HH].[HH].[HH].[HH].[HH].[HH].[HH]. The maximum Gasteiger partial charge on any atom is 0.320 e. The van der Waals surface area contributed by atoms with Crippen LogP contribution in [0.25, 0.3) is 0 Å². The molecule has 0 unspecified atom stereocenters. The van der Waals surface area contributed by atoms with Crippen molar-refractivity contribution in [3.63, 3.8) is 0 Å². The first-order valence-electron chi connectivity index (χ1n) is 6.45. The summed E-state index contributed by atoms with van der Waals surface area (Å²) >= 11 is 1.55. The summed E-state index contributed by atoms with van der Waals surface area (Å²) in [5, 5.41) is 0. The highest BCUT2D eigenvalue weighted by Crippen LogP contribution is 1.96. The minimum absolute atomic E-state index is 0. The highest BCUT2D eigenvalue weighted by molar-refractivity contribution is 7.98. The lowest BCUT2D eigenvalue weighted by Crippen LogP contribution is -2.00. The van der Waals surface area contributed by atoms with Gasteiger partial charge in [0.2, 0.25) is 0 Å². The van der Waals surface area contributed by atoms with Crippen LogP contribution in [0.15, 0.2) is 0 Å². The fourth-order valence-corrected chi connectivity index (χ4v) is 1.16. The zero-order valence-electron chi connectivity index (χ0n) is 13.2. The number of hydrogen-bond acceptors (Lipinski definition) is 3. The van der Waals surface area contributed by atoms with Crippen LogP contribution in [-0.4, -0.2) is 18.0 Å². The fourth-order valence-electron chi connectivity index (χ4n) is 0.787. The minimum Gasteiger partial charge on any atom is -0.371 e. The third-order valence-electron chi connectivity index (χ3n) is 1.67. The van der Waals surface area contributed by atoms with Crippen molar-refractivity contribution in [1.29, 1.82) is 0 Å². The van der Waals surface area contributed by atoms with Gasteiger partial charge in [-0.05, 0) is 53.6 Å². The molecular weight excluding hydrogens is 328 g/mol. The molecule has 0 atom stereocenters. The lowest BCUT2D eigenvalue weighted by atomic mass is 10.5. The summed E-state index contributed by atoms with van der Waals surface area (Å²) in [4.78, 5) is 11.1. The van der Waals surface area contributed by atoms with E-state index in [2.05, 4.69) is 106 Å². The van der Waals surface area contributed by atoms with Crippen LogP contribution in [-0.2, 0) is 9.53 Å². The molecule has 25 heavy (non-hydrogen) atoms. The molecular formula is C22H40O2S. The first-order valence-corrected chi connectivity index (χ1v) is 7.85. The van der Waals surface area contributed by atoms with Crippen LogP contribution in [0.3, 0.4) is 0 Å². The summed E-state index contributed by atoms with van der Waals surface area (Å²) in [6.45, 7) is 0. The summed E-state index contributed by atoms with van der Waals surface area (Å²) in [7, 11) is 0. The van der Waals surface area contributed by atoms with E-state index in [1.165, 1.54) is 0 Å². The quantitative estimate of drug-likeness (QED) is 0.527. The number of hydrogen-bond donors (Lipinski definition) is 0. The van der Waals surface area contributed by atoms with Crippen LogP contribution in [0.1, 0.15) is 29.2 Å². The second kappa shape index (κ2) is 17.9. The number of carbonyl (C=O) groups is 1. The summed E-state index contributed by atoms with van der Waals surface area (Å²) in [6, 6.07) is 0. The first kappa shape index (κ1) is 20.9. The molecule has 3 heteroatoms. The molecule has 0 heterocycles. The Morgan fingerprint density at radius 2 is 1.20 bits per heavy atom. The van der Waals surface area contributed by atoms with E-state index in [0.29, 0.717) is 12.2 Å². The number of thioether (sulfide) groups is 1. The lowest BCUT2D eigenvalue weighted by molar-refractivity contribution is -0.136. The maximum atomic E-state index is 11.1. The van der Waals surface area contributed by atoms with Crippen molar-refractivity contribution in [2.45, 2.75) is 6.42 Å². The van der Waals surface area contributed by atoms with Gasteiger partial charge < -0.3 is 4.74 Å². The molecule has 0 spiro atoms. The highest BCUT2D eigenvalue weighted by atomic mass is 32.2. The zero-order valence-corrected chi connectivity index (χ0v) is 14.0. The Labute approximate surface area is 177 Å². The molecule has 0 rings (SSSR count). The summed E-state index contributed by atoms with van der Waals surface area (Å²) in [5.74, 6) is 38.9. The molecule has 146 valence electrons. The number of terminal acetylenes is 1. The van der Waals surface area contributed by atoms with E-state index in [4.69, 9.17) is 6.42 Å². The maximum absolute atomic E-state index is 11.1. The van der Waals surface area contributed by atoms with E-state index in [-0.39, 0.29) is 28.8 Å². The van der Waals surface area contributed by atoms with Gasteiger partial charge in [-0.2, -0.15) is 11.8 Å². The number of esters is 1. The van der Waals surface area contributed by atoms with E-state index in [0.717, 1.165) is 0 Å². The molecule has 2 nitrogen and oxygen atoms in total. The van der Waals surface area contributed by atoms with Gasteiger partial charge >= 0.3 is 5.97 Å². The topological polar surface area (TPSA) is 26.3 Å². The average Bonchev–Trinajstić information content (AvgIpc) is 2.62. The van der Waals surface area contributed by atoms with Crippen LogP contribution in [0.5, 0.6) is 0 Å². The molecule has 0 bridgehead atoms. The van der Waals surface area contributed by atoms with E-state index in [1.54, 1.807) is 11.8 Å². The van der Waals surface area contributed by atoms with Gasteiger partial charge in [0.25, 0.3) is 0 Å². The lowest BCUT2D eigenvalue weighted by Gasteiger charge is -1.92. The highest BCUT2D eigenvalue weighted by Gasteiger charge is 1.98. The van der Waals surface area contributed by atoms with E-state index >= 15 is 0 Å². The van der Waals surface area contributed by atoms with Gasteiger partial charge in [-0.15, -0.1) is 6.42 Å². The van der Waals surface area contributed by atoms with Crippen LogP contribution >= 0.6 is 11.8 Å². The Morgan fingerprint density at radius 1 is 0.800 bits per heavy atom. The smallest absolute Gasteiger partial charge is 0.320 e. The standard InChI is InChI=1S/C22H8O2S.16H2/c1-3-4-5-6-7-8-9-10-11-12-13-14-15-16-17-18-20-24-22(23)19-21-25-2;;;;;;;;;;;;;;;;/h1H,19,21H2,2H3;16*1H. The van der Waals surface area contributed by atoms with Gasteiger partial charge in [-0.1, -0.05) is 0 Å². The predicted molar refractivity (Wildman–Crippen MR) is 134 cm³/mol. The predicted octanol–water partition coefficient (Wildman–Crippen LogP) is 4.84. The molecule has 0 aromatic carbocycles. The molecule has 0 saturated carbocycles. The van der Waals surface area contributed by atoms with E-state index in [9.17, 15) is 4.79 Å². The molecule has 0 fully saturated rings. The van der Waals surface area contributed by atoms with Crippen LogP contribution < -0.4 is 0 Å². The zero-order chi connectivity index (χ0) is 18.4. The molecule has 0 aromatic heterocycles. The number of ether oxygens (including phenoxy) is 1. The van der Waals surface area contributed by atoms with Gasteiger partial charge in [0.05, 0.1) is 6.42 Å². The molecule has 0 aromatic rings. The third-order valence-corrected chi connectivity index (χ3v) is 2.29. The van der Waals surface area contributed by atoms with Crippen molar-refractivity contribution in [2.24, 2.45) is 0 Å². The molecule has 0 saturated heterocycles. The van der Waals surface area contributed by atoms with Crippen molar-refractivity contribution < 1.29 is 32.4 Å². The Bertz CT molecular complexity index is 1060. The van der Waals surface area contributed by atoms with Crippen LogP contribution in [0, 0.1) is 107 Å². The first-order chi connectivity index (χ1) is 12.3. The van der Waals surface area contributed by atoms with Crippen molar-refractivity contribution in [1.82, 2.24) is 0 Å². The van der Waals surface area contributed by atoms with Gasteiger partial charge in [0, 0.05) is 75.9 Å². The van der Waals surface area contributed by atoms with Crippen molar-refractivity contribution in [2.75, 3.05) is 12.0 Å². The van der Waals surface area contributed by atoms with Gasteiger partial charge in [-0.3, -0.25) is 4.79 Å². The Morgan fingerprint density at radius 3 is 1.60 bits per heavy atom. The minimum atomic E-state index is -0.381.